The van der Waals surface area contributed by atoms with Gasteiger partial charge in [-0.25, -0.2) is 9.18 Å². The number of aromatic nitrogens is 1. The van der Waals surface area contributed by atoms with Crippen LogP contribution in [-0.4, -0.2) is 32.9 Å². The summed E-state index contributed by atoms with van der Waals surface area (Å²) in [4.78, 5) is 29.7. The highest BCUT2D eigenvalue weighted by Crippen LogP contribution is 2.34. The Hall–Kier alpha value is -3.35. The van der Waals surface area contributed by atoms with E-state index in [9.17, 15) is 19.1 Å². The molecule has 0 radical (unpaired) electrons. The minimum atomic E-state index is -1.14. The van der Waals surface area contributed by atoms with Gasteiger partial charge in [-0.05, 0) is 72.0 Å². The van der Waals surface area contributed by atoms with Crippen molar-refractivity contribution in [3.05, 3.63) is 93.3 Å². The van der Waals surface area contributed by atoms with Crippen molar-refractivity contribution in [1.82, 2.24) is 9.88 Å². The number of hydrogen-bond acceptors (Lipinski definition) is 2. The largest absolute Gasteiger partial charge is 0.478 e. The number of nitrogens with one attached hydrogen (secondary N) is 1. The molecule has 172 valence electrons. The fourth-order valence-electron chi connectivity index (χ4n) is 4.12. The second-order valence-corrected chi connectivity index (χ2v) is 9.22. The van der Waals surface area contributed by atoms with Crippen LogP contribution in [0.2, 0.25) is 10.0 Å². The van der Waals surface area contributed by atoms with E-state index in [4.69, 9.17) is 23.2 Å². The number of carboxylic acid groups (broad SMARTS) is 1. The molecule has 0 aliphatic heterocycles. The molecule has 0 unspecified atom stereocenters. The van der Waals surface area contributed by atoms with Crippen molar-refractivity contribution < 1.29 is 19.1 Å². The maximum atomic E-state index is 14.2. The van der Waals surface area contributed by atoms with Crippen molar-refractivity contribution in [2.75, 3.05) is 0 Å². The Morgan fingerprint density at radius 2 is 1.82 bits per heavy atom. The van der Waals surface area contributed by atoms with E-state index in [-0.39, 0.29) is 29.1 Å². The molecule has 5 nitrogen and oxygen atoms in total. The number of carbonyl (C=O) groups excluding carboxylic acids is 1. The molecule has 1 aliphatic rings. The molecule has 5 rings (SSSR count). The van der Waals surface area contributed by atoms with E-state index in [1.807, 2.05) is 6.07 Å². The number of benzene rings is 3. The minimum Gasteiger partial charge on any atom is -0.478 e. The van der Waals surface area contributed by atoms with Crippen LogP contribution in [0.25, 0.3) is 22.0 Å². The summed E-state index contributed by atoms with van der Waals surface area (Å²) in [5.74, 6) is -1.72. The van der Waals surface area contributed by atoms with Crippen molar-refractivity contribution in [3.63, 3.8) is 0 Å². The maximum absolute atomic E-state index is 14.2. The Balaban J connectivity index is 1.50. The Labute approximate surface area is 204 Å². The van der Waals surface area contributed by atoms with E-state index in [1.54, 1.807) is 35.2 Å². The first kappa shape index (κ1) is 22.4. The molecule has 4 aromatic rings. The number of rotatable bonds is 6. The third kappa shape index (κ3) is 4.39. The number of H-pyrrole nitrogens is 1. The van der Waals surface area contributed by atoms with Gasteiger partial charge in [0.05, 0.1) is 10.6 Å². The smallest absolute Gasteiger partial charge is 0.337 e. The zero-order valence-electron chi connectivity index (χ0n) is 17.8. The van der Waals surface area contributed by atoms with Crippen LogP contribution in [0, 0.1) is 5.82 Å². The second-order valence-electron chi connectivity index (χ2n) is 8.38. The van der Waals surface area contributed by atoms with Gasteiger partial charge in [-0.2, -0.15) is 0 Å². The molecule has 1 aliphatic carbocycles. The van der Waals surface area contributed by atoms with Gasteiger partial charge in [0.15, 0.2) is 0 Å². The highest BCUT2D eigenvalue weighted by molar-refractivity contribution is 6.33. The lowest BCUT2D eigenvalue weighted by molar-refractivity contribution is 0.0694. The van der Waals surface area contributed by atoms with Crippen molar-refractivity contribution in [3.8, 4) is 11.1 Å². The molecule has 3 aromatic carbocycles. The lowest BCUT2D eigenvalue weighted by atomic mass is 9.97. The Kier molecular flexibility index (Phi) is 5.80. The summed E-state index contributed by atoms with van der Waals surface area (Å²) in [5, 5.41) is 10.8. The van der Waals surface area contributed by atoms with E-state index in [0.29, 0.717) is 21.8 Å². The van der Waals surface area contributed by atoms with Crippen LogP contribution in [0.15, 0.2) is 60.7 Å². The van der Waals surface area contributed by atoms with Gasteiger partial charge in [0.25, 0.3) is 5.91 Å². The number of aromatic amines is 1. The molecule has 0 spiro atoms. The molecule has 8 heteroatoms. The highest BCUT2D eigenvalue weighted by Gasteiger charge is 2.34. The molecule has 1 saturated carbocycles. The fraction of sp³-hybridized carbons (Fsp3) is 0.154. The molecule has 0 bridgehead atoms. The van der Waals surface area contributed by atoms with Crippen LogP contribution >= 0.6 is 23.2 Å². The summed E-state index contributed by atoms with van der Waals surface area (Å²) < 4.78 is 14.2. The van der Waals surface area contributed by atoms with Gasteiger partial charge in [-0.1, -0.05) is 41.4 Å². The zero-order valence-corrected chi connectivity index (χ0v) is 19.3. The average Bonchev–Trinajstić information content (AvgIpc) is 3.55. The number of amides is 1. The van der Waals surface area contributed by atoms with E-state index in [1.165, 1.54) is 24.3 Å². The minimum absolute atomic E-state index is 0.0305. The third-order valence-corrected chi connectivity index (χ3v) is 6.53. The summed E-state index contributed by atoms with van der Waals surface area (Å²) in [7, 11) is 0. The average molecular weight is 497 g/mol. The Morgan fingerprint density at radius 1 is 1.03 bits per heavy atom. The number of carbonyl (C=O) groups is 2. The van der Waals surface area contributed by atoms with Crippen molar-refractivity contribution >= 4 is 46.0 Å². The van der Waals surface area contributed by atoms with Gasteiger partial charge in [0.1, 0.15) is 11.5 Å². The lowest BCUT2D eigenvalue weighted by Crippen LogP contribution is -2.33. The SMILES string of the molecule is O=C(O)c1ccc(-c2cc(F)ccc2CN(C(=O)c2cc3ccc(Cl)cc3[nH]2)C2CC2)cc1Cl. The van der Waals surface area contributed by atoms with Crippen LogP contribution in [0.3, 0.4) is 0 Å². The maximum Gasteiger partial charge on any atom is 0.337 e. The van der Waals surface area contributed by atoms with Crippen LogP contribution in [-0.2, 0) is 6.54 Å². The molecular formula is C26H19Cl2FN2O3. The van der Waals surface area contributed by atoms with Gasteiger partial charge >= 0.3 is 5.97 Å². The van der Waals surface area contributed by atoms with Crippen molar-refractivity contribution in [2.24, 2.45) is 0 Å². The van der Waals surface area contributed by atoms with E-state index >= 15 is 0 Å². The standard InChI is InChI=1S/C26H19Cl2FN2O3/c27-17-4-1-15-10-24(30-23(15)11-17)25(32)31(19-6-7-19)13-16-2-5-18(29)12-21(16)14-3-8-20(26(33)34)22(28)9-14/h1-5,8-12,19,30H,6-7,13H2,(H,33,34). The third-order valence-electron chi connectivity index (χ3n) is 5.99. The number of hydrogen-bond donors (Lipinski definition) is 2. The van der Waals surface area contributed by atoms with Gasteiger partial charge < -0.3 is 15.0 Å². The quantitative estimate of drug-likeness (QED) is 0.308. The molecular weight excluding hydrogens is 478 g/mol. The molecule has 2 N–H and O–H groups in total. The van der Waals surface area contributed by atoms with Gasteiger partial charge in [-0.3, -0.25) is 4.79 Å². The zero-order chi connectivity index (χ0) is 24.0. The summed E-state index contributed by atoms with van der Waals surface area (Å²) in [6.07, 6.45) is 1.79. The number of aromatic carboxylic acids is 1. The second kappa shape index (κ2) is 8.78. The molecule has 0 saturated heterocycles. The van der Waals surface area contributed by atoms with E-state index in [0.717, 1.165) is 29.3 Å². The Bertz CT molecular complexity index is 1450. The van der Waals surface area contributed by atoms with Crippen LogP contribution in [0.1, 0.15) is 39.3 Å². The molecule has 34 heavy (non-hydrogen) atoms. The fourth-order valence-corrected chi connectivity index (χ4v) is 4.55. The van der Waals surface area contributed by atoms with Crippen molar-refractivity contribution in [1.29, 1.82) is 0 Å². The van der Waals surface area contributed by atoms with Crippen molar-refractivity contribution in [2.45, 2.75) is 25.4 Å². The first-order valence-corrected chi connectivity index (χ1v) is 11.5. The van der Waals surface area contributed by atoms with Gasteiger partial charge in [-0.15, -0.1) is 0 Å². The van der Waals surface area contributed by atoms with Gasteiger partial charge in [0, 0.05) is 28.5 Å². The highest BCUT2D eigenvalue weighted by atomic mass is 35.5. The lowest BCUT2D eigenvalue weighted by Gasteiger charge is -2.24. The number of nitrogens with zero attached hydrogens (tertiary/aromatic N) is 1. The number of carboxylic acids is 1. The first-order chi connectivity index (χ1) is 16.3. The topological polar surface area (TPSA) is 73.4 Å². The summed E-state index contributed by atoms with van der Waals surface area (Å²) in [6.45, 7) is 0.271. The first-order valence-electron chi connectivity index (χ1n) is 10.7. The van der Waals surface area contributed by atoms with Crippen LogP contribution in [0.4, 0.5) is 4.39 Å². The Morgan fingerprint density at radius 3 is 2.53 bits per heavy atom. The van der Waals surface area contributed by atoms with E-state index in [2.05, 4.69) is 4.98 Å². The van der Waals surface area contributed by atoms with Crippen LogP contribution in [0.5, 0.6) is 0 Å². The molecule has 1 heterocycles. The summed E-state index contributed by atoms with van der Waals surface area (Å²) in [5.41, 5.74) is 3.08. The normalized spacial score (nSPS) is 13.3. The molecule has 1 fully saturated rings. The van der Waals surface area contributed by atoms with E-state index < -0.39 is 11.8 Å². The van der Waals surface area contributed by atoms with Gasteiger partial charge in [0.2, 0.25) is 0 Å². The number of halogens is 3. The number of fused-ring (bicyclic) bond motifs is 1. The summed E-state index contributed by atoms with van der Waals surface area (Å²) >= 11 is 12.2. The molecule has 0 atom stereocenters. The predicted octanol–water partition coefficient (Wildman–Crippen LogP) is 6.78. The monoisotopic (exact) mass is 496 g/mol. The summed E-state index contributed by atoms with van der Waals surface area (Å²) in [6, 6.07) is 16.2. The predicted molar refractivity (Wildman–Crippen MR) is 130 cm³/mol. The molecule has 1 amide bonds. The van der Waals surface area contributed by atoms with Crippen LogP contribution < -0.4 is 0 Å². The molecule has 1 aromatic heterocycles.